The van der Waals surface area contributed by atoms with E-state index in [0.29, 0.717) is 11.4 Å². The van der Waals surface area contributed by atoms with Gasteiger partial charge in [-0.1, -0.05) is 12.1 Å². The van der Waals surface area contributed by atoms with Crippen molar-refractivity contribution in [3.8, 4) is 11.3 Å². The van der Waals surface area contributed by atoms with E-state index < -0.39 is 9.84 Å². The lowest BCUT2D eigenvalue weighted by Gasteiger charge is -2.01. The molecule has 5 nitrogen and oxygen atoms in total. The first-order chi connectivity index (χ1) is 7.48. The lowest BCUT2D eigenvalue weighted by atomic mass is 10.1. The average molecular weight is 237 g/mol. The molecule has 0 fully saturated rings. The van der Waals surface area contributed by atoms with E-state index >= 15 is 0 Å². The van der Waals surface area contributed by atoms with Gasteiger partial charge in [0.15, 0.2) is 9.84 Å². The lowest BCUT2D eigenvalue weighted by molar-refractivity contribution is 0.602. The van der Waals surface area contributed by atoms with Gasteiger partial charge in [0.1, 0.15) is 4.90 Å². The summed E-state index contributed by atoms with van der Waals surface area (Å²) in [6, 6.07) is 6.92. The number of aromatic nitrogens is 2. The first kappa shape index (κ1) is 10.7. The van der Waals surface area contributed by atoms with E-state index in [0.717, 1.165) is 11.8 Å². The Hall–Kier alpha value is -1.82. The Labute approximate surface area is 93.2 Å². The molecular formula is C10H11N3O2S. The third-order valence-corrected chi connectivity index (χ3v) is 3.31. The summed E-state index contributed by atoms with van der Waals surface area (Å²) in [5.41, 5.74) is 7.42. The van der Waals surface area contributed by atoms with Crippen molar-refractivity contribution in [3.05, 3.63) is 30.5 Å². The van der Waals surface area contributed by atoms with Crippen molar-refractivity contribution in [2.75, 3.05) is 12.0 Å². The van der Waals surface area contributed by atoms with Crippen LogP contribution >= 0.6 is 0 Å². The molecule has 2 aromatic rings. The molecule has 2 rings (SSSR count). The number of rotatable bonds is 2. The zero-order chi connectivity index (χ0) is 11.8. The van der Waals surface area contributed by atoms with E-state index in [2.05, 4.69) is 10.2 Å². The number of sulfone groups is 1. The van der Waals surface area contributed by atoms with Crippen LogP contribution in [0.3, 0.4) is 0 Å². The van der Waals surface area contributed by atoms with E-state index in [-0.39, 0.29) is 4.90 Å². The van der Waals surface area contributed by atoms with Gasteiger partial charge in [0.05, 0.1) is 11.9 Å². The Morgan fingerprint density at radius 3 is 2.44 bits per heavy atom. The molecule has 0 amide bonds. The minimum Gasteiger partial charge on any atom is -0.399 e. The third kappa shape index (κ3) is 1.92. The largest absolute Gasteiger partial charge is 0.399 e. The molecule has 0 aliphatic rings. The molecule has 1 aromatic carbocycles. The van der Waals surface area contributed by atoms with Crippen molar-refractivity contribution in [3.63, 3.8) is 0 Å². The summed E-state index contributed by atoms with van der Waals surface area (Å²) in [6.45, 7) is 0. The van der Waals surface area contributed by atoms with Crippen LogP contribution in [0.15, 0.2) is 35.4 Å². The molecule has 0 atom stereocenters. The standard InChI is InChI=1S/C10H11N3O2S/c1-16(14,15)9-6-12-13-10(9)7-2-4-8(11)5-3-7/h2-6H,11H2,1H3,(H,12,13). The highest BCUT2D eigenvalue weighted by Crippen LogP contribution is 2.25. The molecule has 6 heteroatoms. The van der Waals surface area contributed by atoms with Crippen LogP contribution < -0.4 is 5.73 Å². The number of aromatic amines is 1. The molecular weight excluding hydrogens is 226 g/mol. The maximum atomic E-state index is 11.5. The third-order valence-electron chi connectivity index (χ3n) is 2.20. The monoisotopic (exact) mass is 237 g/mol. The van der Waals surface area contributed by atoms with Gasteiger partial charge in [0, 0.05) is 17.5 Å². The first-order valence-electron chi connectivity index (χ1n) is 4.58. The van der Waals surface area contributed by atoms with Crippen molar-refractivity contribution in [2.24, 2.45) is 0 Å². The van der Waals surface area contributed by atoms with E-state index in [1.807, 2.05) is 0 Å². The number of nitrogens with one attached hydrogen (secondary N) is 1. The number of hydrogen-bond acceptors (Lipinski definition) is 4. The molecule has 84 valence electrons. The number of nitrogens with two attached hydrogens (primary N) is 1. The quantitative estimate of drug-likeness (QED) is 0.764. The second-order valence-electron chi connectivity index (χ2n) is 3.50. The van der Waals surface area contributed by atoms with Crippen LogP contribution in [-0.4, -0.2) is 24.9 Å². The van der Waals surface area contributed by atoms with Gasteiger partial charge in [0.25, 0.3) is 0 Å². The van der Waals surface area contributed by atoms with Crippen molar-refractivity contribution in [1.82, 2.24) is 10.2 Å². The Kier molecular flexibility index (Phi) is 2.43. The Morgan fingerprint density at radius 2 is 1.88 bits per heavy atom. The van der Waals surface area contributed by atoms with Crippen LogP contribution in [0.4, 0.5) is 5.69 Å². The van der Waals surface area contributed by atoms with E-state index in [1.54, 1.807) is 24.3 Å². The first-order valence-corrected chi connectivity index (χ1v) is 6.47. The fraction of sp³-hybridized carbons (Fsp3) is 0.100. The van der Waals surface area contributed by atoms with E-state index in [4.69, 9.17) is 5.73 Å². The van der Waals surface area contributed by atoms with Crippen LogP contribution in [0.1, 0.15) is 0 Å². The zero-order valence-corrected chi connectivity index (χ0v) is 9.45. The van der Waals surface area contributed by atoms with Crippen LogP contribution in [-0.2, 0) is 9.84 Å². The van der Waals surface area contributed by atoms with Gasteiger partial charge < -0.3 is 5.73 Å². The highest BCUT2D eigenvalue weighted by atomic mass is 32.2. The zero-order valence-electron chi connectivity index (χ0n) is 8.64. The second kappa shape index (κ2) is 3.64. The maximum absolute atomic E-state index is 11.5. The minimum absolute atomic E-state index is 0.192. The summed E-state index contributed by atoms with van der Waals surface area (Å²) in [4.78, 5) is 0.192. The molecule has 0 unspecified atom stereocenters. The average Bonchev–Trinajstić information content (AvgIpc) is 2.66. The summed E-state index contributed by atoms with van der Waals surface area (Å²) in [5.74, 6) is 0. The Balaban J connectivity index is 2.58. The predicted molar refractivity (Wildman–Crippen MR) is 61.5 cm³/mol. The summed E-state index contributed by atoms with van der Waals surface area (Å²) in [5, 5.41) is 6.43. The number of H-pyrrole nitrogens is 1. The van der Waals surface area contributed by atoms with E-state index in [9.17, 15) is 8.42 Å². The summed E-state index contributed by atoms with van der Waals surface area (Å²) in [7, 11) is -3.27. The number of nitrogens with zero attached hydrogens (tertiary/aromatic N) is 1. The molecule has 1 heterocycles. The van der Waals surface area contributed by atoms with Gasteiger partial charge in [-0.3, -0.25) is 5.10 Å². The highest BCUT2D eigenvalue weighted by molar-refractivity contribution is 7.90. The number of hydrogen-bond donors (Lipinski definition) is 2. The second-order valence-corrected chi connectivity index (χ2v) is 5.49. The lowest BCUT2D eigenvalue weighted by Crippen LogP contribution is -1.97. The SMILES string of the molecule is CS(=O)(=O)c1cn[nH]c1-c1ccc(N)cc1. The van der Waals surface area contributed by atoms with Gasteiger partial charge in [-0.15, -0.1) is 0 Å². The molecule has 0 aliphatic carbocycles. The van der Waals surface area contributed by atoms with Gasteiger partial charge in [-0.25, -0.2) is 8.42 Å². The number of nitrogen functional groups attached to an aromatic ring is 1. The fourth-order valence-electron chi connectivity index (χ4n) is 1.41. The molecule has 0 spiro atoms. The Morgan fingerprint density at radius 1 is 1.25 bits per heavy atom. The van der Waals surface area contributed by atoms with Crippen molar-refractivity contribution in [2.45, 2.75) is 4.90 Å². The van der Waals surface area contributed by atoms with Crippen LogP contribution in [0.5, 0.6) is 0 Å². The van der Waals surface area contributed by atoms with Crippen LogP contribution in [0, 0.1) is 0 Å². The summed E-state index contributed by atoms with van der Waals surface area (Å²) >= 11 is 0. The summed E-state index contributed by atoms with van der Waals surface area (Å²) < 4.78 is 22.9. The van der Waals surface area contributed by atoms with Crippen molar-refractivity contribution in [1.29, 1.82) is 0 Å². The fourth-order valence-corrected chi connectivity index (χ4v) is 2.19. The number of anilines is 1. The van der Waals surface area contributed by atoms with Crippen LogP contribution in [0.25, 0.3) is 11.3 Å². The normalized spacial score (nSPS) is 11.6. The molecule has 0 bridgehead atoms. The topological polar surface area (TPSA) is 88.8 Å². The predicted octanol–water partition coefficient (Wildman–Crippen LogP) is 1.06. The molecule has 0 aliphatic heterocycles. The van der Waals surface area contributed by atoms with Gasteiger partial charge >= 0.3 is 0 Å². The van der Waals surface area contributed by atoms with Gasteiger partial charge in [0.2, 0.25) is 0 Å². The number of benzene rings is 1. The van der Waals surface area contributed by atoms with Gasteiger partial charge in [-0.2, -0.15) is 5.10 Å². The van der Waals surface area contributed by atoms with Gasteiger partial charge in [-0.05, 0) is 12.1 Å². The van der Waals surface area contributed by atoms with E-state index in [1.165, 1.54) is 6.20 Å². The molecule has 1 aromatic heterocycles. The van der Waals surface area contributed by atoms with Crippen molar-refractivity contribution < 1.29 is 8.42 Å². The smallest absolute Gasteiger partial charge is 0.179 e. The highest BCUT2D eigenvalue weighted by Gasteiger charge is 2.16. The molecule has 16 heavy (non-hydrogen) atoms. The molecule has 0 saturated heterocycles. The summed E-state index contributed by atoms with van der Waals surface area (Å²) in [6.07, 6.45) is 2.46. The Bertz CT molecular complexity index is 599. The molecule has 0 saturated carbocycles. The molecule has 0 radical (unpaired) electrons. The minimum atomic E-state index is -3.27. The van der Waals surface area contributed by atoms with Crippen LogP contribution in [0.2, 0.25) is 0 Å². The molecule has 3 N–H and O–H groups in total. The van der Waals surface area contributed by atoms with Crippen molar-refractivity contribution >= 4 is 15.5 Å². The maximum Gasteiger partial charge on any atom is 0.179 e.